The number of fused-ring (bicyclic) bond motifs is 1. The van der Waals surface area contributed by atoms with E-state index in [1.54, 1.807) is 7.11 Å². The van der Waals surface area contributed by atoms with E-state index in [4.69, 9.17) is 4.74 Å². The smallest absolute Gasteiger partial charge is 0.314 e. The molecule has 1 aromatic heterocycles. The van der Waals surface area contributed by atoms with E-state index in [0.717, 1.165) is 11.9 Å². The van der Waals surface area contributed by atoms with Crippen LogP contribution >= 0.6 is 0 Å². The van der Waals surface area contributed by atoms with E-state index in [1.807, 2.05) is 12.3 Å². The fourth-order valence-corrected chi connectivity index (χ4v) is 1.90. The third-order valence-electron chi connectivity index (χ3n) is 2.91. The first-order chi connectivity index (χ1) is 9.29. The van der Waals surface area contributed by atoms with Crippen molar-refractivity contribution in [2.75, 3.05) is 26.8 Å². The van der Waals surface area contributed by atoms with Crippen LogP contribution in [0.25, 0.3) is 10.9 Å². The number of urea groups is 1. The average Bonchev–Trinajstić information content (AvgIpc) is 2.86. The quantitative estimate of drug-likeness (QED) is 0.692. The predicted octanol–water partition coefficient (Wildman–Crippen LogP) is 1.66. The van der Waals surface area contributed by atoms with Crippen LogP contribution in [-0.2, 0) is 11.2 Å². The van der Waals surface area contributed by atoms with Crippen molar-refractivity contribution in [2.45, 2.75) is 6.42 Å². The lowest BCUT2D eigenvalue weighted by molar-refractivity contribution is 0.196. The molecule has 102 valence electrons. The molecule has 5 heteroatoms. The molecule has 0 aliphatic heterocycles. The van der Waals surface area contributed by atoms with Crippen LogP contribution in [0.4, 0.5) is 4.79 Å². The number of aromatic amines is 1. The molecular weight excluding hydrogens is 242 g/mol. The summed E-state index contributed by atoms with van der Waals surface area (Å²) in [6, 6.07) is 8.17. The molecule has 1 aromatic carbocycles. The molecule has 0 spiro atoms. The molecule has 0 fully saturated rings. The van der Waals surface area contributed by atoms with Crippen LogP contribution < -0.4 is 10.6 Å². The molecule has 0 unspecified atom stereocenters. The van der Waals surface area contributed by atoms with Crippen LogP contribution in [0.2, 0.25) is 0 Å². The minimum atomic E-state index is -0.155. The number of H-pyrrole nitrogens is 1. The molecule has 0 saturated heterocycles. The maximum absolute atomic E-state index is 11.4. The Morgan fingerprint density at radius 2 is 2.11 bits per heavy atom. The molecule has 2 amide bonds. The Bertz CT molecular complexity index is 536. The molecule has 2 rings (SSSR count). The van der Waals surface area contributed by atoms with Gasteiger partial charge in [0.1, 0.15) is 0 Å². The minimum Gasteiger partial charge on any atom is -0.383 e. The fourth-order valence-electron chi connectivity index (χ4n) is 1.90. The van der Waals surface area contributed by atoms with Gasteiger partial charge in [0.2, 0.25) is 0 Å². The van der Waals surface area contributed by atoms with Crippen LogP contribution in [0, 0.1) is 0 Å². The molecule has 1 heterocycles. The Morgan fingerprint density at radius 3 is 2.95 bits per heavy atom. The van der Waals surface area contributed by atoms with Crippen molar-refractivity contribution < 1.29 is 9.53 Å². The van der Waals surface area contributed by atoms with Gasteiger partial charge in [0.15, 0.2) is 0 Å². The zero-order valence-electron chi connectivity index (χ0n) is 11.0. The fraction of sp³-hybridized carbons (Fsp3) is 0.357. The van der Waals surface area contributed by atoms with E-state index in [0.29, 0.717) is 19.7 Å². The predicted molar refractivity (Wildman–Crippen MR) is 75.3 cm³/mol. The number of benzene rings is 1. The van der Waals surface area contributed by atoms with Crippen molar-refractivity contribution in [3.63, 3.8) is 0 Å². The first kappa shape index (κ1) is 13.4. The standard InChI is InChI=1S/C14H19N3O2/c1-19-9-8-17-14(18)16-6-4-11-2-3-12-5-7-15-13(12)10-11/h2-3,5,7,10,15H,4,6,8-9H2,1H3,(H2,16,17,18). The summed E-state index contributed by atoms with van der Waals surface area (Å²) in [6.45, 7) is 1.67. The van der Waals surface area contributed by atoms with Gasteiger partial charge in [0.25, 0.3) is 0 Å². The van der Waals surface area contributed by atoms with E-state index in [1.165, 1.54) is 10.9 Å². The Labute approximate surface area is 112 Å². The molecule has 0 radical (unpaired) electrons. The molecule has 2 aromatic rings. The minimum absolute atomic E-state index is 0.155. The van der Waals surface area contributed by atoms with Crippen molar-refractivity contribution in [2.24, 2.45) is 0 Å². The van der Waals surface area contributed by atoms with Gasteiger partial charge < -0.3 is 20.4 Å². The Balaban J connectivity index is 1.74. The average molecular weight is 261 g/mol. The Kier molecular flexibility index (Phi) is 4.80. The third kappa shape index (κ3) is 3.99. The largest absolute Gasteiger partial charge is 0.383 e. The van der Waals surface area contributed by atoms with Crippen LogP contribution in [0.15, 0.2) is 30.5 Å². The van der Waals surface area contributed by atoms with Crippen molar-refractivity contribution in [3.05, 3.63) is 36.0 Å². The number of carbonyl (C=O) groups excluding carboxylic acids is 1. The number of carbonyl (C=O) groups is 1. The molecule has 0 bridgehead atoms. The van der Waals surface area contributed by atoms with Gasteiger partial charge in [-0.15, -0.1) is 0 Å². The zero-order chi connectivity index (χ0) is 13.5. The van der Waals surface area contributed by atoms with Crippen LogP contribution in [0.1, 0.15) is 5.56 Å². The van der Waals surface area contributed by atoms with Gasteiger partial charge in [-0.25, -0.2) is 4.79 Å². The van der Waals surface area contributed by atoms with E-state index in [-0.39, 0.29) is 6.03 Å². The highest BCUT2D eigenvalue weighted by atomic mass is 16.5. The van der Waals surface area contributed by atoms with Gasteiger partial charge in [-0.1, -0.05) is 12.1 Å². The highest BCUT2D eigenvalue weighted by molar-refractivity contribution is 5.79. The van der Waals surface area contributed by atoms with Gasteiger partial charge in [0.05, 0.1) is 6.61 Å². The first-order valence-electron chi connectivity index (χ1n) is 6.36. The number of aromatic nitrogens is 1. The Hall–Kier alpha value is -2.01. The summed E-state index contributed by atoms with van der Waals surface area (Å²) in [5, 5.41) is 6.73. The summed E-state index contributed by atoms with van der Waals surface area (Å²) in [4.78, 5) is 14.6. The van der Waals surface area contributed by atoms with Crippen LogP contribution in [0.5, 0.6) is 0 Å². The molecule has 19 heavy (non-hydrogen) atoms. The number of nitrogens with one attached hydrogen (secondary N) is 3. The number of hydrogen-bond acceptors (Lipinski definition) is 2. The van der Waals surface area contributed by atoms with Gasteiger partial charge in [0, 0.05) is 31.9 Å². The first-order valence-corrected chi connectivity index (χ1v) is 6.36. The summed E-state index contributed by atoms with van der Waals surface area (Å²) in [5.74, 6) is 0. The second kappa shape index (κ2) is 6.80. The number of ether oxygens (including phenoxy) is 1. The summed E-state index contributed by atoms with van der Waals surface area (Å²) in [6.07, 6.45) is 2.74. The number of hydrogen-bond donors (Lipinski definition) is 3. The molecule has 0 atom stereocenters. The van der Waals surface area contributed by atoms with Crippen LogP contribution in [0.3, 0.4) is 0 Å². The van der Waals surface area contributed by atoms with Crippen molar-refractivity contribution in [1.29, 1.82) is 0 Å². The summed E-state index contributed by atoms with van der Waals surface area (Å²) in [5.41, 5.74) is 2.33. The molecule has 0 saturated carbocycles. The SMILES string of the molecule is COCCNC(=O)NCCc1ccc2cc[nH]c2c1. The van der Waals surface area contributed by atoms with E-state index >= 15 is 0 Å². The second-order valence-electron chi connectivity index (χ2n) is 4.32. The second-order valence-corrected chi connectivity index (χ2v) is 4.32. The lowest BCUT2D eigenvalue weighted by atomic mass is 10.1. The van der Waals surface area contributed by atoms with Gasteiger partial charge in [-0.3, -0.25) is 0 Å². The van der Waals surface area contributed by atoms with Crippen molar-refractivity contribution in [1.82, 2.24) is 15.6 Å². The molecule has 5 nitrogen and oxygen atoms in total. The topological polar surface area (TPSA) is 66.2 Å². The Morgan fingerprint density at radius 1 is 1.26 bits per heavy atom. The maximum Gasteiger partial charge on any atom is 0.314 e. The summed E-state index contributed by atoms with van der Waals surface area (Å²) < 4.78 is 4.85. The van der Waals surface area contributed by atoms with E-state index < -0.39 is 0 Å². The van der Waals surface area contributed by atoms with Crippen LogP contribution in [-0.4, -0.2) is 37.8 Å². The van der Waals surface area contributed by atoms with Gasteiger partial charge in [-0.05, 0) is 29.5 Å². The van der Waals surface area contributed by atoms with E-state index in [9.17, 15) is 4.79 Å². The normalized spacial score (nSPS) is 10.6. The van der Waals surface area contributed by atoms with Crippen molar-refractivity contribution >= 4 is 16.9 Å². The lowest BCUT2D eigenvalue weighted by Crippen LogP contribution is -2.38. The molecular formula is C14H19N3O2. The molecule has 0 aliphatic carbocycles. The van der Waals surface area contributed by atoms with Crippen molar-refractivity contribution in [3.8, 4) is 0 Å². The highest BCUT2D eigenvalue weighted by Crippen LogP contribution is 2.14. The van der Waals surface area contributed by atoms with Gasteiger partial charge in [-0.2, -0.15) is 0 Å². The number of rotatable bonds is 6. The molecule has 0 aliphatic rings. The maximum atomic E-state index is 11.4. The third-order valence-corrected chi connectivity index (χ3v) is 2.91. The monoisotopic (exact) mass is 261 g/mol. The summed E-state index contributed by atoms with van der Waals surface area (Å²) >= 11 is 0. The number of methoxy groups -OCH3 is 1. The lowest BCUT2D eigenvalue weighted by Gasteiger charge is -2.07. The summed E-state index contributed by atoms with van der Waals surface area (Å²) in [7, 11) is 1.61. The zero-order valence-corrected chi connectivity index (χ0v) is 11.0. The highest BCUT2D eigenvalue weighted by Gasteiger charge is 2.00. The number of amides is 2. The molecule has 3 N–H and O–H groups in total. The van der Waals surface area contributed by atoms with E-state index in [2.05, 4.69) is 33.8 Å². The van der Waals surface area contributed by atoms with Gasteiger partial charge >= 0.3 is 6.03 Å².